The van der Waals surface area contributed by atoms with Gasteiger partial charge >= 0.3 is 5.97 Å². The molecule has 2 atom stereocenters. The van der Waals surface area contributed by atoms with Crippen LogP contribution in [-0.2, 0) is 23.9 Å². The van der Waals surface area contributed by atoms with Crippen molar-refractivity contribution in [3.05, 3.63) is 76.9 Å². The zero-order valence-corrected chi connectivity index (χ0v) is 19.8. The van der Waals surface area contributed by atoms with Gasteiger partial charge in [0.2, 0.25) is 23.6 Å². The number of esters is 1. The molecule has 2 aliphatic heterocycles. The van der Waals surface area contributed by atoms with Crippen LogP contribution >= 0.6 is 0 Å². The number of amides is 1. The zero-order valence-electron chi connectivity index (χ0n) is 19.8. The average Bonchev–Trinajstić information content (AvgIpc) is 3.63. The van der Waals surface area contributed by atoms with Crippen molar-refractivity contribution in [1.82, 2.24) is 5.32 Å². The third-order valence-corrected chi connectivity index (χ3v) is 5.95. The van der Waals surface area contributed by atoms with E-state index in [0.29, 0.717) is 17.8 Å². The predicted octanol–water partition coefficient (Wildman–Crippen LogP) is 2.73. The van der Waals surface area contributed by atoms with Crippen molar-refractivity contribution in [3.63, 3.8) is 0 Å². The van der Waals surface area contributed by atoms with Gasteiger partial charge in [-0.15, -0.1) is 0 Å². The number of nitrogens with one attached hydrogen (secondary N) is 1. The average molecular weight is 491 g/mol. The monoisotopic (exact) mass is 490 g/mol. The van der Waals surface area contributed by atoms with Crippen molar-refractivity contribution < 1.29 is 33.5 Å². The Bertz CT molecular complexity index is 1190. The lowest BCUT2D eigenvalue weighted by molar-refractivity contribution is -0.152. The summed E-state index contributed by atoms with van der Waals surface area (Å²) in [5, 5.41) is 6.71. The normalized spacial score (nSPS) is 19.0. The Balaban J connectivity index is 1.31. The quantitative estimate of drug-likeness (QED) is 0.248. The van der Waals surface area contributed by atoms with Crippen LogP contribution in [0.5, 0.6) is 0 Å². The number of nitrogens with zero attached hydrogens (tertiary/aromatic N) is 1. The second-order valence-corrected chi connectivity index (χ2v) is 8.43. The fourth-order valence-electron chi connectivity index (χ4n) is 3.88. The van der Waals surface area contributed by atoms with Crippen molar-refractivity contribution in [2.45, 2.75) is 31.5 Å². The van der Waals surface area contributed by atoms with Crippen LogP contribution in [0.2, 0.25) is 0 Å². The Morgan fingerprint density at radius 1 is 1.03 bits per heavy atom. The molecule has 2 heterocycles. The van der Waals surface area contributed by atoms with Crippen molar-refractivity contribution >= 4 is 35.2 Å². The molecule has 0 aliphatic carbocycles. The van der Waals surface area contributed by atoms with Gasteiger partial charge in [0, 0.05) is 36.8 Å². The lowest BCUT2D eigenvalue weighted by atomic mass is 9.98. The van der Waals surface area contributed by atoms with E-state index in [1.165, 1.54) is 25.3 Å². The van der Waals surface area contributed by atoms with E-state index in [0.717, 1.165) is 25.0 Å². The number of oxime groups is 1. The molecule has 1 fully saturated rings. The van der Waals surface area contributed by atoms with E-state index < -0.39 is 23.6 Å². The minimum Gasteiger partial charge on any atom is -0.466 e. The first-order valence-corrected chi connectivity index (χ1v) is 11.6. The number of carbonyl (C=O) groups excluding carboxylic acids is 4. The molecule has 0 spiro atoms. The van der Waals surface area contributed by atoms with Crippen LogP contribution in [0.1, 0.15) is 51.1 Å². The van der Waals surface area contributed by atoms with Crippen molar-refractivity contribution in [1.29, 1.82) is 0 Å². The highest BCUT2D eigenvalue weighted by atomic mass is 16.7. The molecule has 1 N–H and O–H groups in total. The van der Waals surface area contributed by atoms with Gasteiger partial charge in [-0.1, -0.05) is 53.7 Å². The van der Waals surface area contributed by atoms with E-state index in [1.54, 1.807) is 42.5 Å². The van der Waals surface area contributed by atoms with Gasteiger partial charge in [-0.05, 0) is 30.0 Å². The third-order valence-electron chi connectivity index (χ3n) is 5.95. The van der Waals surface area contributed by atoms with Crippen LogP contribution in [0.25, 0.3) is 6.08 Å². The number of Topliss-reactive ketones (excluding diaryl/α,β-unsaturated/α-hetero) is 2. The Labute approximate surface area is 208 Å². The summed E-state index contributed by atoms with van der Waals surface area (Å²) in [6.07, 6.45) is 4.57. The summed E-state index contributed by atoms with van der Waals surface area (Å²) in [6.45, 7) is 1.22. The minimum absolute atomic E-state index is 0.0748. The maximum atomic E-state index is 12.7. The van der Waals surface area contributed by atoms with Gasteiger partial charge in [-0.25, -0.2) is 4.79 Å². The van der Waals surface area contributed by atoms with Crippen LogP contribution < -0.4 is 5.32 Å². The molecular weight excluding hydrogens is 464 g/mol. The highest BCUT2D eigenvalue weighted by Crippen LogP contribution is 2.19. The van der Waals surface area contributed by atoms with Gasteiger partial charge in [-0.3, -0.25) is 14.4 Å². The Kier molecular flexibility index (Phi) is 8.02. The second kappa shape index (κ2) is 11.5. The summed E-state index contributed by atoms with van der Waals surface area (Å²) < 4.78 is 10.1. The van der Waals surface area contributed by atoms with Gasteiger partial charge in [0.05, 0.1) is 18.9 Å². The first kappa shape index (κ1) is 25.0. The fourth-order valence-corrected chi connectivity index (χ4v) is 3.88. The lowest BCUT2D eigenvalue weighted by Gasteiger charge is -2.08. The molecule has 1 amide bonds. The van der Waals surface area contributed by atoms with Gasteiger partial charge in [-0.2, -0.15) is 0 Å². The number of ether oxygens (including phenoxy) is 2. The van der Waals surface area contributed by atoms with Crippen LogP contribution in [0, 0.1) is 0 Å². The number of hydrogen-bond acceptors (Lipinski definition) is 8. The van der Waals surface area contributed by atoms with Crippen LogP contribution in [0.4, 0.5) is 0 Å². The molecule has 9 nitrogen and oxygen atoms in total. The zero-order chi connectivity index (χ0) is 25.5. The smallest absolute Gasteiger partial charge is 0.350 e. The highest BCUT2D eigenvalue weighted by molar-refractivity contribution is 6.49. The van der Waals surface area contributed by atoms with Gasteiger partial charge in [0.25, 0.3) is 0 Å². The van der Waals surface area contributed by atoms with E-state index >= 15 is 0 Å². The summed E-state index contributed by atoms with van der Waals surface area (Å²) >= 11 is 0. The van der Waals surface area contributed by atoms with E-state index in [-0.39, 0.29) is 29.6 Å². The Morgan fingerprint density at radius 3 is 2.31 bits per heavy atom. The highest BCUT2D eigenvalue weighted by Gasteiger charge is 2.29. The van der Waals surface area contributed by atoms with Crippen LogP contribution in [0.3, 0.4) is 0 Å². The number of benzene rings is 2. The molecular formula is C27H26N2O7. The molecule has 0 aromatic heterocycles. The number of carbonyl (C=O) groups is 4. The number of hydrogen-bond donors (Lipinski definition) is 1. The number of rotatable bonds is 9. The summed E-state index contributed by atoms with van der Waals surface area (Å²) in [5.41, 5.74) is 2.44. The molecule has 0 saturated carbocycles. The van der Waals surface area contributed by atoms with E-state index in [1.807, 2.05) is 0 Å². The Hall–Kier alpha value is -4.11. The second-order valence-electron chi connectivity index (χ2n) is 8.43. The number of methoxy groups -OCH3 is 1. The standard InChI is InChI=1S/C27H26N2O7/c1-34-27(33)23-15-22(29-36-23)18-9-11-20(12-10-18)26(32)25(31)19-7-4-17(5-8-19)6-13-24(30)28-16-21-3-2-14-35-21/h4-13,21,23H,2-3,14-16H2,1H3,(H,28,30). The summed E-state index contributed by atoms with van der Waals surface area (Å²) in [5.74, 6) is -2.01. The van der Waals surface area contributed by atoms with Crippen molar-refractivity contribution in [2.24, 2.45) is 5.16 Å². The fraction of sp³-hybridized carbons (Fsp3) is 0.296. The largest absolute Gasteiger partial charge is 0.466 e. The molecule has 9 heteroatoms. The van der Waals surface area contributed by atoms with Crippen LogP contribution in [0.15, 0.2) is 59.8 Å². The van der Waals surface area contributed by atoms with Gasteiger partial charge in [0.1, 0.15) is 0 Å². The van der Waals surface area contributed by atoms with Crippen molar-refractivity contribution in [3.8, 4) is 0 Å². The van der Waals surface area contributed by atoms with E-state index in [9.17, 15) is 19.2 Å². The van der Waals surface area contributed by atoms with Crippen LogP contribution in [-0.4, -0.2) is 61.6 Å². The first-order chi connectivity index (χ1) is 17.4. The summed E-state index contributed by atoms with van der Waals surface area (Å²) in [4.78, 5) is 54.0. The molecule has 2 aliphatic rings. The molecule has 36 heavy (non-hydrogen) atoms. The van der Waals surface area contributed by atoms with Crippen molar-refractivity contribution in [2.75, 3.05) is 20.3 Å². The first-order valence-electron chi connectivity index (χ1n) is 11.6. The molecule has 0 radical (unpaired) electrons. The van der Waals surface area contributed by atoms with E-state index in [4.69, 9.17) is 9.57 Å². The summed E-state index contributed by atoms with van der Waals surface area (Å²) in [7, 11) is 1.28. The molecule has 1 saturated heterocycles. The molecule has 186 valence electrons. The minimum atomic E-state index is -0.786. The molecule has 4 rings (SSSR count). The maximum Gasteiger partial charge on any atom is 0.350 e. The topological polar surface area (TPSA) is 120 Å². The van der Waals surface area contributed by atoms with Gasteiger partial charge in [0.15, 0.2) is 0 Å². The molecule has 2 aromatic rings. The lowest BCUT2D eigenvalue weighted by Crippen LogP contribution is -2.30. The third kappa shape index (κ3) is 6.11. The molecule has 2 unspecified atom stereocenters. The Morgan fingerprint density at radius 2 is 1.69 bits per heavy atom. The van der Waals surface area contributed by atoms with Gasteiger partial charge < -0.3 is 19.6 Å². The summed E-state index contributed by atoms with van der Waals surface area (Å²) in [6, 6.07) is 12.8. The predicted molar refractivity (Wildman–Crippen MR) is 131 cm³/mol. The SMILES string of the molecule is COC(=O)C1CC(c2ccc(C(=O)C(=O)c3ccc(C=CC(=O)NCC4CCCO4)cc3)cc2)=NO1. The molecule has 2 aromatic carbocycles. The molecule has 0 bridgehead atoms. The van der Waals surface area contributed by atoms with E-state index in [2.05, 4.69) is 15.2 Å². The number of ketones is 2. The maximum absolute atomic E-state index is 12.7.